The van der Waals surface area contributed by atoms with E-state index in [0.29, 0.717) is 22.9 Å². The zero-order chi connectivity index (χ0) is 20.8. The van der Waals surface area contributed by atoms with Crippen molar-refractivity contribution in [2.45, 2.75) is 39.9 Å². The molecule has 0 spiro atoms. The van der Waals surface area contributed by atoms with Gasteiger partial charge in [-0.25, -0.2) is 9.37 Å². The predicted octanol–water partition coefficient (Wildman–Crippen LogP) is 5.68. The lowest BCUT2D eigenvalue weighted by atomic mass is 10.3. The van der Waals surface area contributed by atoms with E-state index in [9.17, 15) is 4.39 Å². The molecular formula is C22H25FN4O2. The molecule has 1 aromatic heterocycles. The summed E-state index contributed by atoms with van der Waals surface area (Å²) >= 11 is 0. The average Bonchev–Trinajstić information content (AvgIpc) is 2.67. The molecule has 0 aliphatic heterocycles. The van der Waals surface area contributed by atoms with Crippen LogP contribution in [0.25, 0.3) is 0 Å². The summed E-state index contributed by atoms with van der Waals surface area (Å²) in [6.07, 6.45) is 1.12. The number of halogens is 1. The molecule has 0 saturated heterocycles. The number of benzene rings is 2. The molecule has 7 heteroatoms. The van der Waals surface area contributed by atoms with Gasteiger partial charge in [-0.1, -0.05) is 24.3 Å². The fraction of sp³-hybridized carbons (Fsp3) is 0.273. The highest BCUT2D eigenvalue weighted by Crippen LogP contribution is 2.30. The van der Waals surface area contributed by atoms with Crippen molar-refractivity contribution in [2.24, 2.45) is 0 Å². The van der Waals surface area contributed by atoms with Gasteiger partial charge in [-0.05, 0) is 52.0 Å². The van der Waals surface area contributed by atoms with Crippen LogP contribution in [0.15, 0.2) is 54.7 Å². The summed E-state index contributed by atoms with van der Waals surface area (Å²) in [6, 6.07) is 14.8. The van der Waals surface area contributed by atoms with Crippen LogP contribution in [0.3, 0.4) is 0 Å². The maximum absolute atomic E-state index is 14.4. The minimum absolute atomic E-state index is 0.0112. The quantitative estimate of drug-likeness (QED) is 0.511. The lowest BCUT2D eigenvalue weighted by molar-refractivity contribution is 0.243. The Kier molecular flexibility index (Phi) is 6.49. The number of ether oxygens (including phenoxy) is 2. The van der Waals surface area contributed by atoms with Gasteiger partial charge in [-0.3, -0.25) is 0 Å². The first-order valence-electron chi connectivity index (χ1n) is 9.50. The van der Waals surface area contributed by atoms with Crippen molar-refractivity contribution >= 4 is 23.1 Å². The van der Waals surface area contributed by atoms with E-state index < -0.39 is 5.82 Å². The topological polar surface area (TPSA) is 68.3 Å². The van der Waals surface area contributed by atoms with Crippen molar-refractivity contribution in [1.82, 2.24) is 9.97 Å². The lowest BCUT2D eigenvalue weighted by Crippen LogP contribution is -2.09. The van der Waals surface area contributed by atoms with E-state index in [1.165, 1.54) is 0 Å². The molecule has 0 fully saturated rings. The molecule has 152 valence electrons. The first-order valence-corrected chi connectivity index (χ1v) is 9.50. The normalized spacial score (nSPS) is 10.9. The van der Waals surface area contributed by atoms with E-state index in [1.54, 1.807) is 6.07 Å². The van der Waals surface area contributed by atoms with Gasteiger partial charge in [0.1, 0.15) is 11.5 Å². The predicted molar refractivity (Wildman–Crippen MR) is 113 cm³/mol. The third-order valence-electron chi connectivity index (χ3n) is 3.74. The van der Waals surface area contributed by atoms with Crippen LogP contribution in [0.2, 0.25) is 0 Å². The molecule has 2 N–H and O–H groups in total. The van der Waals surface area contributed by atoms with Crippen LogP contribution < -0.4 is 20.1 Å². The molecular weight excluding hydrogens is 371 g/mol. The van der Waals surface area contributed by atoms with Gasteiger partial charge in [-0.2, -0.15) is 4.98 Å². The van der Waals surface area contributed by atoms with E-state index >= 15 is 0 Å². The molecule has 0 saturated carbocycles. The molecule has 0 atom stereocenters. The summed E-state index contributed by atoms with van der Waals surface area (Å²) < 4.78 is 25.9. The molecule has 0 bridgehead atoms. The number of anilines is 4. The second-order valence-electron chi connectivity index (χ2n) is 6.97. The van der Waals surface area contributed by atoms with Crippen LogP contribution >= 0.6 is 0 Å². The number of rotatable bonds is 8. The summed E-state index contributed by atoms with van der Waals surface area (Å²) in [7, 11) is 0. The van der Waals surface area contributed by atoms with E-state index in [2.05, 4.69) is 20.6 Å². The Labute approximate surface area is 170 Å². The second-order valence-corrected chi connectivity index (χ2v) is 6.97. The molecule has 0 aliphatic rings. The Morgan fingerprint density at radius 3 is 1.86 bits per heavy atom. The van der Waals surface area contributed by atoms with E-state index in [-0.39, 0.29) is 24.0 Å². The van der Waals surface area contributed by atoms with Crippen molar-refractivity contribution < 1.29 is 13.9 Å². The van der Waals surface area contributed by atoms with E-state index in [4.69, 9.17) is 9.47 Å². The van der Waals surface area contributed by atoms with Crippen LogP contribution in [0, 0.1) is 5.82 Å². The highest BCUT2D eigenvalue weighted by atomic mass is 19.1. The fourth-order valence-electron chi connectivity index (χ4n) is 2.62. The van der Waals surface area contributed by atoms with Crippen molar-refractivity contribution in [2.75, 3.05) is 10.6 Å². The van der Waals surface area contributed by atoms with Gasteiger partial charge < -0.3 is 20.1 Å². The smallest absolute Gasteiger partial charge is 0.229 e. The average molecular weight is 396 g/mol. The molecule has 0 unspecified atom stereocenters. The third kappa shape index (κ3) is 5.57. The zero-order valence-electron chi connectivity index (χ0n) is 16.9. The first kappa shape index (κ1) is 20.4. The minimum Gasteiger partial charge on any atom is -0.489 e. The van der Waals surface area contributed by atoms with Crippen LogP contribution in [0.4, 0.5) is 27.5 Å². The lowest BCUT2D eigenvalue weighted by Gasteiger charge is -2.16. The van der Waals surface area contributed by atoms with E-state index in [0.717, 1.165) is 6.20 Å². The Balaban J connectivity index is 1.85. The molecule has 6 nitrogen and oxygen atoms in total. The number of nitrogens with one attached hydrogen (secondary N) is 2. The Bertz CT molecular complexity index is 963. The highest BCUT2D eigenvalue weighted by Gasteiger charge is 2.13. The van der Waals surface area contributed by atoms with Gasteiger partial charge in [0.25, 0.3) is 0 Å². The Morgan fingerprint density at radius 2 is 1.31 bits per heavy atom. The van der Waals surface area contributed by atoms with Gasteiger partial charge in [0, 0.05) is 0 Å². The third-order valence-corrected chi connectivity index (χ3v) is 3.74. The number of para-hydroxylation sites is 4. The van der Waals surface area contributed by atoms with Crippen LogP contribution in [-0.4, -0.2) is 22.2 Å². The molecule has 0 radical (unpaired) electrons. The van der Waals surface area contributed by atoms with E-state index in [1.807, 2.05) is 70.2 Å². The van der Waals surface area contributed by atoms with Gasteiger partial charge in [0.2, 0.25) is 5.95 Å². The second kappa shape index (κ2) is 9.23. The summed E-state index contributed by atoms with van der Waals surface area (Å²) in [5.74, 6) is 1.01. The maximum atomic E-state index is 14.4. The molecule has 0 aliphatic carbocycles. The van der Waals surface area contributed by atoms with Gasteiger partial charge in [0.05, 0.1) is 29.8 Å². The van der Waals surface area contributed by atoms with Crippen LogP contribution in [0.5, 0.6) is 11.5 Å². The van der Waals surface area contributed by atoms with Gasteiger partial charge in [-0.15, -0.1) is 0 Å². The standard InChI is InChI=1S/C22H25FN4O2/c1-14(2)28-19-11-7-5-9-17(19)25-21-16(23)13-24-22(27-21)26-18-10-6-8-12-20(18)29-15(3)4/h5-15H,1-4H3,(H2,24,25,26,27). The summed E-state index contributed by atoms with van der Waals surface area (Å²) in [6.45, 7) is 7.76. The molecule has 3 rings (SSSR count). The van der Waals surface area contributed by atoms with Gasteiger partial charge >= 0.3 is 0 Å². The van der Waals surface area contributed by atoms with Crippen molar-refractivity contribution in [3.63, 3.8) is 0 Å². The molecule has 29 heavy (non-hydrogen) atoms. The monoisotopic (exact) mass is 396 g/mol. The maximum Gasteiger partial charge on any atom is 0.229 e. The zero-order valence-corrected chi connectivity index (χ0v) is 16.9. The summed E-state index contributed by atoms with van der Waals surface area (Å²) in [5.41, 5.74) is 1.32. The molecule has 1 heterocycles. The largest absolute Gasteiger partial charge is 0.489 e. The summed E-state index contributed by atoms with van der Waals surface area (Å²) in [5, 5.41) is 6.09. The van der Waals surface area contributed by atoms with Crippen molar-refractivity contribution in [1.29, 1.82) is 0 Å². The number of aromatic nitrogens is 2. The highest BCUT2D eigenvalue weighted by molar-refractivity contribution is 5.67. The van der Waals surface area contributed by atoms with Crippen LogP contribution in [-0.2, 0) is 0 Å². The fourth-order valence-corrected chi connectivity index (χ4v) is 2.62. The SMILES string of the molecule is CC(C)Oc1ccccc1Nc1ncc(F)c(Nc2ccccc2OC(C)C)n1. The molecule has 2 aromatic carbocycles. The number of hydrogen-bond donors (Lipinski definition) is 2. The van der Waals surface area contributed by atoms with Crippen LogP contribution in [0.1, 0.15) is 27.7 Å². The first-order chi connectivity index (χ1) is 13.9. The summed E-state index contributed by atoms with van der Waals surface area (Å²) in [4.78, 5) is 8.33. The number of nitrogens with zero attached hydrogens (tertiary/aromatic N) is 2. The Hall–Kier alpha value is -3.35. The Morgan fingerprint density at radius 1 is 0.793 bits per heavy atom. The minimum atomic E-state index is -0.568. The molecule has 0 amide bonds. The van der Waals surface area contributed by atoms with Gasteiger partial charge in [0.15, 0.2) is 11.6 Å². The number of hydrogen-bond acceptors (Lipinski definition) is 6. The molecule has 3 aromatic rings. The van der Waals surface area contributed by atoms with Crippen molar-refractivity contribution in [3.05, 3.63) is 60.5 Å². The van der Waals surface area contributed by atoms with Crippen molar-refractivity contribution in [3.8, 4) is 11.5 Å².